The molecule has 2 rings (SSSR count). The zero-order valence-corrected chi connectivity index (χ0v) is 15.3. The summed E-state index contributed by atoms with van der Waals surface area (Å²) < 4.78 is 10.4. The number of rotatable bonds is 3. The van der Waals surface area contributed by atoms with Gasteiger partial charge in [-0.05, 0) is 33.3 Å². The van der Waals surface area contributed by atoms with Gasteiger partial charge in [0, 0.05) is 0 Å². The Labute approximate surface area is 147 Å². The Hall–Kier alpha value is -2.41. The number of nitrogens with zero attached hydrogens (tertiary/aromatic N) is 2. The van der Waals surface area contributed by atoms with Crippen LogP contribution in [-0.2, 0) is 19.8 Å². The van der Waals surface area contributed by atoms with Crippen molar-refractivity contribution in [2.45, 2.75) is 44.9 Å². The molecule has 1 aromatic carbocycles. The van der Waals surface area contributed by atoms with Crippen LogP contribution < -0.4 is 5.73 Å². The van der Waals surface area contributed by atoms with Gasteiger partial charge in [0.05, 0.1) is 19.7 Å². The van der Waals surface area contributed by atoms with Crippen LogP contribution >= 0.6 is 0 Å². The number of nitrogens with two attached hydrogens (primary N) is 1. The van der Waals surface area contributed by atoms with E-state index in [1.165, 1.54) is 12.0 Å². The summed E-state index contributed by atoms with van der Waals surface area (Å²) in [5.41, 5.74) is 4.60. The normalized spacial score (nSPS) is 21.5. The molecule has 7 nitrogen and oxygen atoms in total. The Morgan fingerprint density at radius 3 is 2.36 bits per heavy atom. The van der Waals surface area contributed by atoms with Crippen molar-refractivity contribution in [2.75, 3.05) is 13.7 Å². The number of hydrogen-bond donors (Lipinski definition) is 1. The lowest BCUT2D eigenvalue weighted by atomic mass is 9.91. The van der Waals surface area contributed by atoms with Gasteiger partial charge < -0.3 is 15.2 Å². The standard InChI is InChI=1S/C18H25N3O4/c1-12(19)14-20-18(15(22)24-5,13-9-7-6-8-10-13)11-21(14)16(23)25-17(2,3)4/h6-10,12H,11,19H2,1-5H3. The summed E-state index contributed by atoms with van der Waals surface area (Å²) in [6.07, 6.45) is -0.592. The maximum atomic E-state index is 12.6. The van der Waals surface area contributed by atoms with Crippen LogP contribution in [0.15, 0.2) is 35.3 Å². The van der Waals surface area contributed by atoms with E-state index in [1.807, 2.05) is 6.07 Å². The largest absolute Gasteiger partial charge is 0.467 e. The van der Waals surface area contributed by atoms with Crippen molar-refractivity contribution in [2.24, 2.45) is 10.7 Å². The number of amides is 1. The van der Waals surface area contributed by atoms with E-state index in [-0.39, 0.29) is 6.54 Å². The first-order chi connectivity index (χ1) is 11.6. The lowest BCUT2D eigenvalue weighted by Crippen LogP contribution is -2.47. The Morgan fingerprint density at radius 2 is 1.88 bits per heavy atom. The van der Waals surface area contributed by atoms with Crippen LogP contribution in [0.25, 0.3) is 0 Å². The Morgan fingerprint density at radius 1 is 1.28 bits per heavy atom. The molecule has 0 radical (unpaired) electrons. The number of hydrogen-bond acceptors (Lipinski definition) is 6. The van der Waals surface area contributed by atoms with Crippen molar-refractivity contribution in [3.05, 3.63) is 35.9 Å². The van der Waals surface area contributed by atoms with Gasteiger partial charge in [0.15, 0.2) is 0 Å². The number of aliphatic imine (C=N–C) groups is 1. The SMILES string of the molecule is COC(=O)C1(c2ccccc2)CN(C(=O)OC(C)(C)C)C(C(C)N)=N1. The number of esters is 1. The summed E-state index contributed by atoms with van der Waals surface area (Å²) in [4.78, 5) is 31.1. The molecular weight excluding hydrogens is 322 g/mol. The quantitative estimate of drug-likeness (QED) is 0.845. The predicted molar refractivity (Wildman–Crippen MR) is 94.2 cm³/mol. The highest BCUT2D eigenvalue weighted by Crippen LogP contribution is 2.35. The van der Waals surface area contributed by atoms with Gasteiger partial charge in [-0.25, -0.2) is 14.6 Å². The van der Waals surface area contributed by atoms with Gasteiger partial charge in [0.25, 0.3) is 0 Å². The third kappa shape index (κ3) is 3.82. The molecule has 1 heterocycles. The fraction of sp³-hybridized carbons (Fsp3) is 0.500. The molecule has 0 bridgehead atoms. The molecule has 136 valence electrons. The first-order valence-corrected chi connectivity index (χ1v) is 8.10. The molecule has 25 heavy (non-hydrogen) atoms. The van der Waals surface area contributed by atoms with E-state index >= 15 is 0 Å². The monoisotopic (exact) mass is 347 g/mol. The van der Waals surface area contributed by atoms with Crippen molar-refractivity contribution < 1.29 is 19.1 Å². The highest BCUT2D eigenvalue weighted by molar-refractivity contribution is 6.03. The van der Waals surface area contributed by atoms with Crippen molar-refractivity contribution in [3.63, 3.8) is 0 Å². The Bertz CT molecular complexity index is 679. The second-order valence-electron chi connectivity index (χ2n) is 7.04. The molecule has 2 N–H and O–H groups in total. The third-order valence-electron chi connectivity index (χ3n) is 3.76. The lowest BCUT2D eigenvalue weighted by Gasteiger charge is -2.28. The van der Waals surface area contributed by atoms with Crippen LogP contribution in [0.1, 0.15) is 33.3 Å². The summed E-state index contributed by atoms with van der Waals surface area (Å²) in [5.74, 6) is -0.258. The van der Waals surface area contributed by atoms with E-state index in [0.29, 0.717) is 11.4 Å². The van der Waals surface area contributed by atoms with Crippen LogP contribution in [0.3, 0.4) is 0 Å². The molecule has 0 saturated carbocycles. The number of methoxy groups -OCH3 is 1. The maximum absolute atomic E-state index is 12.6. The number of ether oxygens (including phenoxy) is 2. The number of carbonyl (C=O) groups is 2. The molecule has 0 aliphatic carbocycles. The maximum Gasteiger partial charge on any atom is 0.415 e. The molecule has 1 aromatic rings. The van der Waals surface area contributed by atoms with Crippen LogP contribution in [0.5, 0.6) is 0 Å². The fourth-order valence-electron chi connectivity index (χ4n) is 2.69. The molecule has 0 aromatic heterocycles. The molecule has 7 heteroatoms. The molecule has 1 aliphatic heterocycles. The first-order valence-electron chi connectivity index (χ1n) is 8.10. The van der Waals surface area contributed by atoms with E-state index in [0.717, 1.165) is 0 Å². The van der Waals surface area contributed by atoms with Gasteiger partial charge in [0.2, 0.25) is 5.54 Å². The van der Waals surface area contributed by atoms with Crippen molar-refractivity contribution in [3.8, 4) is 0 Å². The zero-order chi connectivity index (χ0) is 18.8. The summed E-state index contributed by atoms with van der Waals surface area (Å²) in [6, 6.07) is 8.44. The highest BCUT2D eigenvalue weighted by Gasteiger charge is 2.51. The van der Waals surface area contributed by atoms with E-state index < -0.39 is 29.2 Å². The molecule has 0 spiro atoms. The van der Waals surface area contributed by atoms with Crippen LogP contribution in [-0.4, -0.2) is 48.1 Å². The smallest absolute Gasteiger partial charge is 0.415 e. The summed E-state index contributed by atoms with van der Waals surface area (Å²) in [7, 11) is 1.30. The van der Waals surface area contributed by atoms with E-state index in [4.69, 9.17) is 15.2 Å². The van der Waals surface area contributed by atoms with Gasteiger partial charge in [0.1, 0.15) is 11.4 Å². The van der Waals surface area contributed by atoms with Gasteiger partial charge >= 0.3 is 12.1 Å². The number of amidine groups is 1. The van der Waals surface area contributed by atoms with E-state index in [1.54, 1.807) is 52.0 Å². The molecule has 2 unspecified atom stereocenters. The topological polar surface area (TPSA) is 94.2 Å². The van der Waals surface area contributed by atoms with Crippen molar-refractivity contribution in [1.82, 2.24) is 4.90 Å². The predicted octanol–water partition coefficient (Wildman–Crippen LogP) is 2.05. The Kier molecular flexibility index (Phi) is 5.17. The average Bonchev–Trinajstić information content (AvgIpc) is 2.96. The first kappa shape index (κ1) is 18.9. The number of benzene rings is 1. The average molecular weight is 347 g/mol. The van der Waals surface area contributed by atoms with E-state index in [9.17, 15) is 9.59 Å². The highest BCUT2D eigenvalue weighted by atomic mass is 16.6. The summed E-state index contributed by atoms with van der Waals surface area (Å²) >= 11 is 0. The minimum absolute atomic E-state index is 0.0184. The zero-order valence-electron chi connectivity index (χ0n) is 15.3. The lowest BCUT2D eigenvalue weighted by molar-refractivity contribution is -0.147. The van der Waals surface area contributed by atoms with Crippen LogP contribution in [0.4, 0.5) is 4.79 Å². The fourth-order valence-corrected chi connectivity index (χ4v) is 2.69. The minimum Gasteiger partial charge on any atom is -0.467 e. The van der Waals surface area contributed by atoms with Gasteiger partial charge in [-0.1, -0.05) is 30.3 Å². The van der Waals surface area contributed by atoms with Crippen LogP contribution in [0, 0.1) is 0 Å². The second-order valence-corrected chi connectivity index (χ2v) is 7.04. The van der Waals surface area contributed by atoms with Gasteiger partial charge in [-0.2, -0.15) is 0 Å². The molecule has 1 amide bonds. The van der Waals surface area contributed by atoms with Crippen molar-refractivity contribution in [1.29, 1.82) is 0 Å². The Balaban J connectivity index is 2.50. The molecular formula is C18H25N3O4. The third-order valence-corrected chi connectivity index (χ3v) is 3.76. The van der Waals surface area contributed by atoms with Crippen LogP contribution in [0.2, 0.25) is 0 Å². The van der Waals surface area contributed by atoms with Gasteiger partial charge in [-0.15, -0.1) is 0 Å². The summed E-state index contributed by atoms with van der Waals surface area (Å²) in [6.45, 7) is 7.00. The number of carbonyl (C=O) groups excluding carboxylic acids is 2. The summed E-state index contributed by atoms with van der Waals surface area (Å²) in [5, 5.41) is 0. The van der Waals surface area contributed by atoms with Crippen molar-refractivity contribution >= 4 is 17.9 Å². The molecule has 0 saturated heterocycles. The van der Waals surface area contributed by atoms with Gasteiger partial charge in [-0.3, -0.25) is 4.90 Å². The molecule has 0 fully saturated rings. The second kappa shape index (κ2) is 6.84. The minimum atomic E-state index is -1.35. The molecule has 1 aliphatic rings. The van der Waals surface area contributed by atoms with E-state index in [2.05, 4.69) is 4.99 Å². The molecule has 2 atom stereocenters.